The number of phenolic OH excluding ortho intramolecular Hbond substituents is 1. The summed E-state index contributed by atoms with van der Waals surface area (Å²) >= 11 is 7.45. The Morgan fingerprint density at radius 1 is 1.24 bits per heavy atom. The number of aryl methyl sites for hydroxylation is 2. The SMILES string of the molecule is Cc1cc(NCc2ccc(Cl)s2)c(C)cc1O. The Morgan fingerprint density at radius 3 is 2.65 bits per heavy atom. The van der Waals surface area contributed by atoms with Crippen molar-refractivity contribution in [1.82, 2.24) is 0 Å². The summed E-state index contributed by atoms with van der Waals surface area (Å²) in [6.45, 7) is 4.62. The summed E-state index contributed by atoms with van der Waals surface area (Å²) in [7, 11) is 0. The number of thiophene rings is 1. The molecular formula is C13H14ClNOS. The minimum atomic E-state index is 0.340. The number of aromatic hydroxyl groups is 1. The fraction of sp³-hybridized carbons (Fsp3) is 0.231. The van der Waals surface area contributed by atoms with Gasteiger partial charge < -0.3 is 10.4 Å². The van der Waals surface area contributed by atoms with Crippen molar-refractivity contribution in [3.63, 3.8) is 0 Å². The molecular weight excluding hydrogens is 254 g/mol. The van der Waals surface area contributed by atoms with Crippen molar-refractivity contribution in [2.75, 3.05) is 5.32 Å². The largest absolute Gasteiger partial charge is 0.508 e. The molecule has 17 heavy (non-hydrogen) atoms. The van der Waals surface area contributed by atoms with Crippen molar-refractivity contribution in [1.29, 1.82) is 0 Å². The lowest BCUT2D eigenvalue weighted by molar-refractivity contribution is 0.471. The maximum atomic E-state index is 9.57. The third kappa shape index (κ3) is 2.93. The van der Waals surface area contributed by atoms with E-state index < -0.39 is 0 Å². The lowest BCUT2D eigenvalue weighted by atomic mass is 10.1. The Labute approximate surface area is 110 Å². The Bertz CT molecular complexity index is 536. The van der Waals surface area contributed by atoms with E-state index in [1.165, 1.54) is 4.88 Å². The topological polar surface area (TPSA) is 32.3 Å². The van der Waals surface area contributed by atoms with Crippen LogP contribution in [0.5, 0.6) is 5.75 Å². The van der Waals surface area contributed by atoms with E-state index in [2.05, 4.69) is 5.32 Å². The first-order chi connectivity index (χ1) is 8.06. The Hall–Kier alpha value is -1.19. The molecule has 0 aliphatic heterocycles. The second kappa shape index (κ2) is 4.98. The van der Waals surface area contributed by atoms with Crippen LogP contribution in [0, 0.1) is 13.8 Å². The van der Waals surface area contributed by atoms with Crippen LogP contribution in [0.4, 0.5) is 5.69 Å². The molecule has 2 N–H and O–H groups in total. The molecule has 2 nitrogen and oxygen atoms in total. The summed E-state index contributed by atoms with van der Waals surface area (Å²) in [6, 6.07) is 7.65. The lowest BCUT2D eigenvalue weighted by Crippen LogP contribution is -1.99. The van der Waals surface area contributed by atoms with Crippen LogP contribution in [0.3, 0.4) is 0 Å². The van der Waals surface area contributed by atoms with Gasteiger partial charge in [0.1, 0.15) is 5.75 Å². The quantitative estimate of drug-likeness (QED) is 0.811. The van der Waals surface area contributed by atoms with Gasteiger partial charge in [0.25, 0.3) is 0 Å². The minimum Gasteiger partial charge on any atom is -0.508 e. The van der Waals surface area contributed by atoms with E-state index in [9.17, 15) is 5.11 Å². The van der Waals surface area contributed by atoms with Crippen LogP contribution in [0.25, 0.3) is 0 Å². The van der Waals surface area contributed by atoms with E-state index in [1.807, 2.05) is 32.0 Å². The highest BCUT2D eigenvalue weighted by Gasteiger charge is 2.04. The first-order valence-corrected chi connectivity index (χ1v) is 6.54. The monoisotopic (exact) mass is 267 g/mol. The van der Waals surface area contributed by atoms with Gasteiger partial charge in [-0.2, -0.15) is 0 Å². The highest BCUT2D eigenvalue weighted by atomic mass is 35.5. The highest BCUT2D eigenvalue weighted by molar-refractivity contribution is 7.16. The molecule has 0 fully saturated rings. The second-order valence-corrected chi connectivity index (χ2v) is 5.81. The van der Waals surface area contributed by atoms with Crippen molar-refractivity contribution in [2.45, 2.75) is 20.4 Å². The molecule has 0 atom stereocenters. The molecule has 0 saturated carbocycles. The molecule has 0 saturated heterocycles. The van der Waals surface area contributed by atoms with Crippen LogP contribution in [-0.2, 0) is 6.54 Å². The van der Waals surface area contributed by atoms with Crippen molar-refractivity contribution in [3.8, 4) is 5.75 Å². The van der Waals surface area contributed by atoms with Gasteiger partial charge in [-0.25, -0.2) is 0 Å². The third-order valence-corrected chi connectivity index (χ3v) is 3.86. The van der Waals surface area contributed by atoms with Crippen LogP contribution in [0.1, 0.15) is 16.0 Å². The van der Waals surface area contributed by atoms with Gasteiger partial charge in [-0.05, 0) is 49.2 Å². The fourth-order valence-electron chi connectivity index (χ4n) is 1.62. The number of hydrogen-bond acceptors (Lipinski definition) is 3. The molecule has 1 aromatic heterocycles. The number of phenols is 1. The lowest BCUT2D eigenvalue weighted by Gasteiger charge is -2.10. The zero-order valence-electron chi connectivity index (χ0n) is 9.75. The zero-order chi connectivity index (χ0) is 12.4. The van der Waals surface area contributed by atoms with Crippen molar-refractivity contribution >= 4 is 28.6 Å². The standard InChI is InChI=1S/C13H14ClNOS/c1-8-6-12(16)9(2)5-11(8)15-7-10-3-4-13(14)17-10/h3-6,15-16H,7H2,1-2H3. The van der Waals surface area contributed by atoms with Crippen LogP contribution in [0.15, 0.2) is 24.3 Å². The first kappa shape index (κ1) is 12.3. The molecule has 0 aliphatic rings. The summed E-state index contributed by atoms with van der Waals surface area (Å²) in [6.07, 6.45) is 0. The van der Waals surface area contributed by atoms with Gasteiger partial charge >= 0.3 is 0 Å². The molecule has 2 rings (SSSR count). The number of nitrogens with one attached hydrogen (secondary N) is 1. The molecule has 1 heterocycles. The summed E-state index contributed by atoms with van der Waals surface area (Å²) in [5.74, 6) is 0.340. The number of halogens is 1. The van der Waals surface area contributed by atoms with Gasteiger partial charge in [-0.3, -0.25) is 0 Å². The van der Waals surface area contributed by atoms with E-state index in [4.69, 9.17) is 11.6 Å². The molecule has 0 bridgehead atoms. The van der Waals surface area contributed by atoms with E-state index in [0.717, 1.165) is 27.7 Å². The fourth-order valence-corrected chi connectivity index (χ4v) is 2.65. The summed E-state index contributed by atoms with van der Waals surface area (Å²) in [5.41, 5.74) is 2.96. The Morgan fingerprint density at radius 2 is 2.00 bits per heavy atom. The predicted octanol–water partition coefficient (Wildman–Crippen LogP) is 4.34. The molecule has 0 spiro atoms. The van der Waals surface area contributed by atoms with Crippen molar-refractivity contribution < 1.29 is 5.11 Å². The molecule has 0 aliphatic carbocycles. The van der Waals surface area contributed by atoms with Gasteiger partial charge in [-0.1, -0.05) is 11.6 Å². The van der Waals surface area contributed by atoms with E-state index in [-0.39, 0.29) is 0 Å². The highest BCUT2D eigenvalue weighted by Crippen LogP contribution is 2.27. The average molecular weight is 268 g/mol. The smallest absolute Gasteiger partial charge is 0.118 e. The molecule has 1 aromatic carbocycles. The number of rotatable bonds is 3. The molecule has 90 valence electrons. The average Bonchev–Trinajstić information content (AvgIpc) is 2.68. The van der Waals surface area contributed by atoms with Crippen LogP contribution in [-0.4, -0.2) is 5.11 Å². The van der Waals surface area contributed by atoms with E-state index in [1.54, 1.807) is 17.4 Å². The number of benzene rings is 1. The van der Waals surface area contributed by atoms with Gasteiger partial charge in [0.05, 0.1) is 4.34 Å². The van der Waals surface area contributed by atoms with Gasteiger partial charge in [0, 0.05) is 17.1 Å². The van der Waals surface area contributed by atoms with Crippen LogP contribution < -0.4 is 5.32 Å². The molecule has 4 heteroatoms. The first-order valence-electron chi connectivity index (χ1n) is 5.34. The third-order valence-electron chi connectivity index (χ3n) is 2.62. The van der Waals surface area contributed by atoms with E-state index in [0.29, 0.717) is 5.75 Å². The normalized spacial score (nSPS) is 10.5. The predicted molar refractivity (Wildman–Crippen MR) is 74.2 cm³/mol. The van der Waals surface area contributed by atoms with Crippen LogP contribution in [0.2, 0.25) is 4.34 Å². The maximum absolute atomic E-state index is 9.57. The molecule has 2 aromatic rings. The number of hydrogen-bond donors (Lipinski definition) is 2. The van der Waals surface area contributed by atoms with Crippen molar-refractivity contribution in [2.24, 2.45) is 0 Å². The maximum Gasteiger partial charge on any atom is 0.118 e. The second-order valence-electron chi connectivity index (χ2n) is 4.01. The Balaban J connectivity index is 2.11. The van der Waals surface area contributed by atoms with Gasteiger partial charge in [0.2, 0.25) is 0 Å². The Kier molecular flexibility index (Phi) is 3.60. The summed E-state index contributed by atoms with van der Waals surface area (Å²) in [5, 5.41) is 12.9. The van der Waals surface area contributed by atoms with Gasteiger partial charge in [0.15, 0.2) is 0 Å². The van der Waals surface area contributed by atoms with Gasteiger partial charge in [-0.15, -0.1) is 11.3 Å². The van der Waals surface area contributed by atoms with E-state index >= 15 is 0 Å². The zero-order valence-corrected chi connectivity index (χ0v) is 11.3. The summed E-state index contributed by atoms with van der Waals surface area (Å²) < 4.78 is 0.806. The molecule has 0 unspecified atom stereocenters. The summed E-state index contributed by atoms with van der Waals surface area (Å²) in [4.78, 5) is 1.19. The van der Waals surface area contributed by atoms with Crippen LogP contribution >= 0.6 is 22.9 Å². The minimum absolute atomic E-state index is 0.340. The molecule has 0 amide bonds. The van der Waals surface area contributed by atoms with Crippen molar-refractivity contribution in [3.05, 3.63) is 44.6 Å². The molecule has 0 radical (unpaired) electrons. The number of anilines is 1.